The maximum absolute atomic E-state index is 12.8. The van der Waals surface area contributed by atoms with E-state index in [0.717, 1.165) is 26.2 Å². The van der Waals surface area contributed by atoms with Crippen molar-refractivity contribution in [2.24, 2.45) is 0 Å². The first-order valence-corrected chi connectivity index (χ1v) is 9.57. The Kier molecular flexibility index (Phi) is 6.07. The zero-order valence-electron chi connectivity index (χ0n) is 15.2. The Morgan fingerprint density at radius 1 is 0.731 bits per heavy atom. The number of benzene rings is 1. The van der Waals surface area contributed by atoms with E-state index in [-0.39, 0.29) is 27.4 Å². The minimum atomic E-state index is -0.174. The number of likely N-dealkylation sites (N-methyl/N-ethyl adjacent to an activating group) is 2. The van der Waals surface area contributed by atoms with E-state index in [9.17, 15) is 9.59 Å². The molecule has 2 fully saturated rings. The van der Waals surface area contributed by atoms with Crippen LogP contribution in [0.1, 0.15) is 20.7 Å². The maximum atomic E-state index is 12.8. The van der Waals surface area contributed by atoms with Crippen LogP contribution in [0.5, 0.6) is 0 Å². The van der Waals surface area contributed by atoms with Gasteiger partial charge in [0, 0.05) is 57.9 Å². The summed E-state index contributed by atoms with van der Waals surface area (Å²) in [5, 5.41) is 0.470. The quantitative estimate of drug-likeness (QED) is 0.761. The highest BCUT2D eigenvalue weighted by atomic mass is 35.5. The molecule has 2 amide bonds. The highest BCUT2D eigenvalue weighted by Crippen LogP contribution is 2.29. The van der Waals surface area contributed by atoms with Crippen molar-refractivity contribution in [3.63, 3.8) is 0 Å². The van der Waals surface area contributed by atoms with Crippen LogP contribution in [0.3, 0.4) is 0 Å². The van der Waals surface area contributed by atoms with Crippen LogP contribution in [0.15, 0.2) is 12.1 Å². The molecule has 0 radical (unpaired) electrons. The van der Waals surface area contributed by atoms with E-state index in [1.165, 1.54) is 0 Å². The normalized spacial score (nSPS) is 19.7. The smallest absolute Gasteiger partial charge is 0.256 e. The van der Waals surface area contributed by atoms with Crippen LogP contribution in [0.4, 0.5) is 0 Å². The summed E-state index contributed by atoms with van der Waals surface area (Å²) in [5.41, 5.74) is 0.715. The summed E-state index contributed by atoms with van der Waals surface area (Å²) in [5.74, 6) is -0.271. The Labute approximate surface area is 164 Å². The molecular weight excluding hydrogens is 375 g/mol. The van der Waals surface area contributed by atoms with Crippen molar-refractivity contribution in [3.8, 4) is 0 Å². The second-order valence-corrected chi connectivity index (χ2v) is 7.82. The summed E-state index contributed by atoms with van der Waals surface area (Å²) in [6, 6.07) is 3.13. The Morgan fingerprint density at radius 3 is 1.54 bits per heavy atom. The van der Waals surface area contributed by atoms with Gasteiger partial charge < -0.3 is 19.6 Å². The highest BCUT2D eigenvalue weighted by Gasteiger charge is 2.27. The van der Waals surface area contributed by atoms with Crippen LogP contribution in [0.25, 0.3) is 0 Å². The first kappa shape index (κ1) is 19.4. The van der Waals surface area contributed by atoms with Crippen molar-refractivity contribution in [2.45, 2.75) is 0 Å². The van der Waals surface area contributed by atoms with Crippen LogP contribution >= 0.6 is 23.2 Å². The van der Waals surface area contributed by atoms with Crippen molar-refractivity contribution in [1.29, 1.82) is 0 Å². The van der Waals surface area contributed by atoms with Crippen LogP contribution in [0, 0.1) is 0 Å². The molecule has 142 valence electrons. The lowest BCUT2D eigenvalue weighted by molar-refractivity contribution is 0.0653. The van der Waals surface area contributed by atoms with E-state index in [0.29, 0.717) is 31.7 Å². The van der Waals surface area contributed by atoms with Gasteiger partial charge in [0.25, 0.3) is 11.8 Å². The predicted octanol–water partition coefficient (Wildman–Crippen LogP) is 1.77. The molecule has 0 aliphatic carbocycles. The molecule has 3 rings (SSSR count). The summed E-state index contributed by atoms with van der Waals surface area (Å²) in [7, 11) is 4.06. The van der Waals surface area contributed by atoms with E-state index in [1.54, 1.807) is 21.9 Å². The first-order valence-electron chi connectivity index (χ1n) is 8.81. The molecule has 0 bridgehead atoms. The van der Waals surface area contributed by atoms with Crippen molar-refractivity contribution < 1.29 is 9.59 Å². The summed E-state index contributed by atoms with van der Waals surface area (Å²) >= 11 is 12.7. The topological polar surface area (TPSA) is 47.1 Å². The molecule has 0 unspecified atom stereocenters. The monoisotopic (exact) mass is 398 g/mol. The number of rotatable bonds is 2. The summed E-state index contributed by atoms with van der Waals surface area (Å²) in [6.45, 7) is 5.95. The van der Waals surface area contributed by atoms with Gasteiger partial charge >= 0.3 is 0 Å². The van der Waals surface area contributed by atoms with Crippen LogP contribution in [-0.2, 0) is 0 Å². The van der Waals surface area contributed by atoms with Gasteiger partial charge in [0.15, 0.2) is 0 Å². The maximum Gasteiger partial charge on any atom is 0.256 e. The molecule has 1 aromatic carbocycles. The number of amides is 2. The fourth-order valence-electron chi connectivity index (χ4n) is 3.26. The SMILES string of the molecule is CN1CCN(C(=O)c2cc(Cl)c(C(=O)N3CCN(C)CC3)c(Cl)c2)CC1. The fourth-order valence-corrected chi connectivity index (χ4v) is 3.91. The van der Waals surface area contributed by atoms with Gasteiger partial charge in [-0.05, 0) is 26.2 Å². The van der Waals surface area contributed by atoms with E-state index < -0.39 is 0 Å². The summed E-state index contributed by atoms with van der Waals surface area (Å²) < 4.78 is 0. The highest BCUT2D eigenvalue weighted by molar-refractivity contribution is 6.40. The Morgan fingerprint density at radius 2 is 1.12 bits per heavy atom. The average Bonchev–Trinajstić information content (AvgIpc) is 2.61. The largest absolute Gasteiger partial charge is 0.336 e. The number of carbonyl (C=O) groups excluding carboxylic acids is 2. The third-order valence-corrected chi connectivity index (χ3v) is 5.68. The lowest BCUT2D eigenvalue weighted by atomic mass is 10.1. The standard InChI is InChI=1S/C18H24Cl2N4O2/c1-21-3-7-23(8-4-21)17(25)13-11-14(19)16(15(20)12-13)18(26)24-9-5-22(2)6-10-24/h11-12H,3-10H2,1-2H3. The summed E-state index contributed by atoms with van der Waals surface area (Å²) in [6.07, 6.45) is 0. The lowest BCUT2D eigenvalue weighted by Crippen LogP contribution is -2.47. The molecule has 8 heteroatoms. The Hall–Kier alpha value is -1.34. The molecule has 0 atom stereocenters. The van der Waals surface area contributed by atoms with E-state index in [2.05, 4.69) is 9.80 Å². The molecular formula is C18H24Cl2N4O2. The molecule has 0 aromatic heterocycles. The van der Waals surface area contributed by atoms with Gasteiger partial charge in [0.05, 0.1) is 15.6 Å². The number of nitrogens with zero attached hydrogens (tertiary/aromatic N) is 4. The van der Waals surface area contributed by atoms with Crippen molar-refractivity contribution >= 4 is 35.0 Å². The van der Waals surface area contributed by atoms with Gasteiger partial charge in [-0.15, -0.1) is 0 Å². The van der Waals surface area contributed by atoms with E-state index in [1.807, 2.05) is 14.1 Å². The lowest BCUT2D eigenvalue weighted by Gasteiger charge is -2.33. The number of halogens is 2. The zero-order chi connectivity index (χ0) is 18.8. The molecule has 0 saturated carbocycles. The second-order valence-electron chi connectivity index (χ2n) is 7.01. The zero-order valence-corrected chi connectivity index (χ0v) is 16.7. The fraction of sp³-hybridized carbons (Fsp3) is 0.556. The van der Waals surface area contributed by atoms with Gasteiger partial charge in [0.1, 0.15) is 0 Å². The minimum absolute atomic E-state index is 0.0968. The van der Waals surface area contributed by atoms with Gasteiger partial charge in [-0.25, -0.2) is 0 Å². The average molecular weight is 399 g/mol. The molecule has 6 nitrogen and oxygen atoms in total. The predicted molar refractivity (Wildman–Crippen MR) is 103 cm³/mol. The molecule has 2 aliphatic heterocycles. The van der Waals surface area contributed by atoms with Crippen molar-refractivity contribution in [1.82, 2.24) is 19.6 Å². The number of piperazine rings is 2. The van der Waals surface area contributed by atoms with Gasteiger partial charge in [-0.2, -0.15) is 0 Å². The van der Waals surface area contributed by atoms with E-state index >= 15 is 0 Å². The third kappa shape index (κ3) is 4.14. The third-order valence-electron chi connectivity index (χ3n) is 5.08. The number of carbonyl (C=O) groups is 2. The molecule has 1 aromatic rings. The molecule has 2 saturated heterocycles. The second kappa shape index (κ2) is 8.13. The molecule has 0 N–H and O–H groups in total. The minimum Gasteiger partial charge on any atom is -0.336 e. The Bertz CT molecular complexity index is 673. The molecule has 2 heterocycles. The van der Waals surface area contributed by atoms with Crippen LogP contribution < -0.4 is 0 Å². The van der Waals surface area contributed by atoms with Crippen LogP contribution in [-0.4, -0.2) is 97.9 Å². The van der Waals surface area contributed by atoms with Gasteiger partial charge in [-0.1, -0.05) is 23.2 Å². The molecule has 0 spiro atoms. The van der Waals surface area contributed by atoms with E-state index in [4.69, 9.17) is 23.2 Å². The molecule has 2 aliphatic rings. The number of hydrogen-bond donors (Lipinski definition) is 0. The number of hydrogen-bond acceptors (Lipinski definition) is 4. The van der Waals surface area contributed by atoms with Crippen molar-refractivity contribution in [2.75, 3.05) is 66.5 Å². The van der Waals surface area contributed by atoms with Gasteiger partial charge in [-0.3, -0.25) is 9.59 Å². The van der Waals surface area contributed by atoms with Gasteiger partial charge in [0.2, 0.25) is 0 Å². The molecule has 26 heavy (non-hydrogen) atoms. The van der Waals surface area contributed by atoms with Crippen molar-refractivity contribution in [3.05, 3.63) is 33.3 Å². The Balaban J connectivity index is 1.78. The first-order chi connectivity index (χ1) is 12.4. The summed E-state index contributed by atoms with van der Waals surface area (Å²) in [4.78, 5) is 33.4. The van der Waals surface area contributed by atoms with Crippen LogP contribution in [0.2, 0.25) is 10.0 Å².